The molecule has 0 fully saturated rings. The molecule has 1 aromatic carbocycles. The molecular formula is C21H27NO4S. The lowest BCUT2D eigenvalue weighted by Crippen LogP contribution is -2.21. The van der Waals surface area contributed by atoms with Gasteiger partial charge in [0, 0.05) is 4.88 Å². The normalized spacial score (nSPS) is 11.2. The van der Waals surface area contributed by atoms with Crippen LogP contribution < -0.4 is 10.1 Å². The average molecular weight is 390 g/mol. The minimum Gasteiger partial charge on any atom is -0.484 e. The van der Waals surface area contributed by atoms with Gasteiger partial charge < -0.3 is 14.8 Å². The number of thiophene rings is 1. The molecule has 0 aliphatic rings. The second-order valence-corrected chi connectivity index (χ2v) is 8.54. The molecule has 0 saturated carbocycles. The highest BCUT2D eigenvalue weighted by atomic mass is 32.1. The molecule has 0 radical (unpaired) electrons. The summed E-state index contributed by atoms with van der Waals surface area (Å²) in [7, 11) is 0. The van der Waals surface area contributed by atoms with Gasteiger partial charge in [-0.15, -0.1) is 11.3 Å². The minimum atomic E-state index is -0.423. The van der Waals surface area contributed by atoms with Crippen molar-refractivity contribution in [3.05, 3.63) is 45.8 Å². The van der Waals surface area contributed by atoms with Crippen LogP contribution in [-0.2, 0) is 14.9 Å². The molecule has 2 rings (SSSR count). The van der Waals surface area contributed by atoms with E-state index in [4.69, 9.17) is 9.47 Å². The molecule has 0 aliphatic heterocycles. The van der Waals surface area contributed by atoms with Crippen LogP contribution in [-0.4, -0.2) is 25.1 Å². The van der Waals surface area contributed by atoms with E-state index < -0.39 is 5.97 Å². The van der Waals surface area contributed by atoms with E-state index in [2.05, 4.69) is 26.1 Å². The van der Waals surface area contributed by atoms with Gasteiger partial charge in [0.15, 0.2) is 6.61 Å². The Morgan fingerprint density at radius 2 is 1.74 bits per heavy atom. The van der Waals surface area contributed by atoms with Gasteiger partial charge in [-0.1, -0.05) is 32.9 Å². The van der Waals surface area contributed by atoms with Crippen molar-refractivity contribution in [1.82, 2.24) is 0 Å². The molecule has 1 N–H and O–H groups in total. The molecule has 146 valence electrons. The van der Waals surface area contributed by atoms with Crippen LogP contribution in [0, 0.1) is 13.8 Å². The van der Waals surface area contributed by atoms with E-state index >= 15 is 0 Å². The maximum atomic E-state index is 12.3. The Labute approximate surface area is 164 Å². The van der Waals surface area contributed by atoms with Crippen molar-refractivity contribution in [3.8, 4) is 5.75 Å². The minimum absolute atomic E-state index is 0.0638. The van der Waals surface area contributed by atoms with Gasteiger partial charge in [-0.2, -0.15) is 0 Å². The Morgan fingerprint density at radius 1 is 1.11 bits per heavy atom. The lowest BCUT2D eigenvalue weighted by atomic mass is 9.87. The van der Waals surface area contributed by atoms with Crippen LogP contribution in [0.4, 0.5) is 5.00 Å². The van der Waals surface area contributed by atoms with Crippen molar-refractivity contribution >= 4 is 28.2 Å². The second-order valence-electron chi connectivity index (χ2n) is 7.32. The van der Waals surface area contributed by atoms with E-state index in [0.717, 1.165) is 10.4 Å². The lowest BCUT2D eigenvalue weighted by Gasteiger charge is -2.19. The van der Waals surface area contributed by atoms with Gasteiger partial charge in [-0.3, -0.25) is 4.79 Å². The molecule has 2 aromatic rings. The van der Waals surface area contributed by atoms with Crippen molar-refractivity contribution in [3.63, 3.8) is 0 Å². The summed E-state index contributed by atoms with van der Waals surface area (Å²) < 4.78 is 10.7. The largest absolute Gasteiger partial charge is 0.484 e. The monoisotopic (exact) mass is 389 g/mol. The Balaban J connectivity index is 2.02. The molecule has 6 heteroatoms. The fourth-order valence-corrected chi connectivity index (χ4v) is 3.59. The maximum Gasteiger partial charge on any atom is 0.341 e. The Bertz CT molecular complexity index is 816. The Kier molecular flexibility index (Phi) is 6.65. The summed E-state index contributed by atoms with van der Waals surface area (Å²) in [5, 5.41) is 3.27. The number of anilines is 1. The zero-order valence-electron chi connectivity index (χ0n) is 16.8. The number of carbonyl (C=O) groups excluding carboxylic acids is 2. The Hall–Kier alpha value is -2.34. The topological polar surface area (TPSA) is 64.6 Å². The van der Waals surface area contributed by atoms with Crippen LogP contribution in [0.15, 0.2) is 24.3 Å². The standard InChI is InChI=1S/C21H27NO4S/c1-7-25-20(24)18-13(2)14(3)27-19(18)22-17(23)12-26-16-10-8-15(9-11-16)21(4,5)6/h8-11H,7,12H2,1-6H3,(H,22,23). The number of ether oxygens (including phenoxy) is 2. The van der Waals surface area contributed by atoms with Crippen LogP contribution >= 0.6 is 11.3 Å². The summed E-state index contributed by atoms with van der Waals surface area (Å²) >= 11 is 1.36. The number of benzene rings is 1. The number of hydrogen-bond acceptors (Lipinski definition) is 5. The zero-order valence-corrected chi connectivity index (χ0v) is 17.6. The van der Waals surface area contributed by atoms with Gasteiger partial charge in [0.2, 0.25) is 0 Å². The van der Waals surface area contributed by atoms with Crippen LogP contribution in [0.2, 0.25) is 0 Å². The third-order valence-corrected chi connectivity index (χ3v) is 5.33. The predicted molar refractivity (Wildman–Crippen MR) is 109 cm³/mol. The van der Waals surface area contributed by atoms with Gasteiger partial charge in [-0.25, -0.2) is 4.79 Å². The molecule has 0 atom stereocenters. The molecule has 1 amide bonds. The number of amides is 1. The second kappa shape index (κ2) is 8.57. The molecular weight excluding hydrogens is 362 g/mol. The van der Waals surface area contributed by atoms with Gasteiger partial charge in [0.1, 0.15) is 10.8 Å². The highest BCUT2D eigenvalue weighted by molar-refractivity contribution is 7.16. The molecule has 0 bridgehead atoms. The molecule has 0 aliphatic carbocycles. The first kappa shape index (κ1) is 21.0. The van der Waals surface area contributed by atoms with E-state index in [1.54, 1.807) is 6.92 Å². The fraction of sp³-hybridized carbons (Fsp3) is 0.429. The van der Waals surface area contributed by atoms with Crippen LogP contribution in [0.1, 0.15) is 54.1 Å². The number of carbonyl (C=O) groups is 2. The van der Waals surface area contributed by atoms with Gasteiger partial charge in [0.05, 0.1) is 12.2 Å². The summed E-state index contributed by atoms with van der Waals surface area (Å²) in [5.41, 5.74) is 2.51. The van der Waals surface area contributed by atoms with E-state index in [-0.39, 0.29) is 24.5 Å². The van der Waals surface area contributed by atoms with E-state index in [0.29, 0.717) is 16.3 Å². The quantitative estimate of drug-likeness (QED) is 0.717. The summed E-state index contributed by atoms with van der Waals surface area (Å²) in [4.78, 5) is 25.4. The van der Waals surface area contributed by atoms with Crippen LogP contribution in [0.3, 0.4) is 0 Å². The number of esters is 1. The molecule has 0 saturated heterocycles. The van der Waals surface area contributed by atoms with Gasteiger partial charge in [-0.05, 0) is 49.4 Å². The number of rotatable bonds is 6. The molecule has 27 heavy (non-hydrogen) atoms. The first-order valence-electron chi connectivity index (χ1n) is 8.93. The smallest absolute Gasteiger partial charge is 0.341 e. The van der Waals surface area contributed by atoms with Crippen molar-refractivity contribution in [1.29, 1.82) is 0 Å². The van der Waals surface area contributed by atoms with Gasteiger partial charge in [0.25, 0.3) is 5.91 Å². The third-order valence-electron chi connectivity index (χ3n) is 4.21. The molecule has 1 aromatic heterocycles. The molecule has 0 unspecified atom stereocenters. The van der Waals surface area contributed by atoms with E-state index in [1.165, 1.54) is 16.9 Å². The van der Waals surface area contributed by atoms with E-state index in [1.807, 2.05) is 38.1 Å². The molecule has 0 spiro atoms. The highest BCUT2D eigenvalue weighted by Crippen LogP contribution is 2.33. The van der Waals surface area contributed by atoms with Gasteiger partial charge >= 0.3 is 5.97 Å². The maximum absolute atomic E-state index is 12.3. The van der Waals surface area contributed by atoms with Crippen LogP contribution in [0.25, 0.3) is 0 Å². The fourth-order valence-electron chi connectivity index (χ4n) is 2.53. The van der Waals surface area contributed by atoms with Crippen molar-refractivity contribution < 1.29 is 19.1 Å². The number of nitrogens with one attached hydrogen (secondary N) is 1. The lowest BCUT2D eigenvalue weighted by molar-refractivity contribution is -0.118. The summed E-state index contributed by atoms with van der Waals surface area (Å²) in [6.45, 7) is 12.1. The summed E-state index contributed by atoms with van der Waals surface area (Å²) in [6.07, 6.45) is 0. The first-order chi connectivity index (χ1) is 12.6. The van der Waals surface area contributed by atoms with Crippen molar-refractivity contribution in [2.75, 3.05) is 18.5 Å². The molecule has 1 heterocycles. The summed E-state index contributed by atoms with van der Waals surface area (Å²) in [5.74, 6) is -0.114. The average Bonchev–Trinajstić information content (AvgIpc) is 2.86. The van der Waals surface area contributed by atoms with Crippen LogP contribution in [0.5, 0.6) is 5.75 Å². The SMILES string of the molecule is CCOC(=O)c1c(NC(=O)COc2ccc(C(C)(C)C)cc2)sc(C)c1C. The molecule has 5 nitrogen and oxygen atoms in total. The predicted octanol–water partition coefficient (Wildman–Crippen LogP) is 4.86. The Morgan fingerprint density at radius 3 is 2.30 bits per heavy atom. The van der Waals surface area contributed by atoms with Crippen molar-refractivity contribution in [2.45, 2.75) is 47.0 Å². The number of hydrogen-bond donors (Lipinski definition) is 1. The zero-order chi connectivity index (χ0) is 20.2. The highest BCUT2D eigenvalue weighted by Gasteiger charge is 2.22. The van der Waals surface area contributed by atoms with Crippen molar-refractivity contribution in [2.24, 2.45) is 0 Å². The summed E-state index contributed by atoms with van der Waals surface area (Å²) in [6, 6.07) is 7.71. The third kappa shape index (κ3) is 5.32. The van der Waals surface area contributed by atoms with E-state index in [9.17, 15) is 9.59 Å². The number of aryl methyl sites for hydroxylation is 1. The first-order valence-corrected chi connectivity index (χ1v) is 9.75.